The zero-order valence-electron chi connectivity index (χ0n) is 21.0. The molecule has 0 radical (unpaired) electrons. The fourth-order valence-corrected chi connectivity index (χ4v) is 6.87. The van der Waals surface area contributed by atoms with E-state index in [0.717, 1.165) is 38.5 Å². The third-order valence-corrected chi connectivity index (χ3v) is 8.62. The lowest BCUT2D eigenvalue weighted by Gasteiger charge is -2.36. The lowest BCUT2D eigenvalue weighted by atomic mass is 9.96. The van der Waals surface area contributed by atoms with Gasteiger partial charge < -0.3 is 9.64 Å². The Kier molecular flexibility index (Phi) is 8.20. The normalized spacial score (nSPS) is 21.9. The zero-order chi connectivity index (χ0) is 26.0. The number of piperidine rings is 1. The van der Waals surface area contributed by atoms with E-state index in [0.29, 0.717) is 52.4 Å². The minimum Gasteiger partial charge on any atom is -0.466 e. The van der Waals surface area contributed by atoms with Gasteiger partial charge in [-0.15, -0.1) is 0 Å². The highest BCUT2D eigenvalue weighted by atomic mass is 32.2. The van der Waals surface area contributed by atoms with Crippen molar-refractivity contribution in [1.82, 2.24) is 9.47 Å². The second-order valence-electron chi connectivity index (χ2n) is 9.43. The molecule has 0 aromatic carbocycles. The molecule has 8 nitrogen and oxygen atoms in total. The molecular formula is C26H32N4O4S2. The van der Waals surface area contributed by atoms with Crippen LogP contribution in [-0.2, 0) is 20.9 Å². The minimum absolute atomic E-state index is 0.0667. The van der Waals surface area contributed by atoms with Gasteiger partial charge in [-0.3, -0.25) is 23.9 Å². The molecule has 1 aliphatic carbocycles. The number of anilines is 1. The second-order valence-corrected chi connectivity index (χ2v) is 11.1. The molecule has 3 aliphatic rings. The standard InChI is InChI=1S/C26H32N4O4S2/c1-4-29-22(28-12-8-9-17(15-28)25(33)34-5-2)19(16(3)20(14-27)23(29)31)13-21-24(32)30(26(35)36-21)18-10-6-7-11-18/h13,17-18H,4-12,15H2,1-3H3. The number of amides is 1. The third kappa shape index (κ3) is 4.83. The molecule has 192 valence electrons. The average molecular weight is 529 g/mol. The van der Waals surface area contributed by atoms with Gasteiger partial charge in [0.25, 0.3) is 11.5 Å². The van der Waals surface area contributed by atoms with Crippen LogP contribution in [0.4, 0.5) is 5.82 Å². The van der Waals surface area contributed by atoms with Gasteiger partial charge in [-0.1, -0.05) is 36.8 Å². The minimum atomic E-state index is -0.360. The number of carbonyl (C=O) groups is 2. The van der Waals surface area contributed by atoms with Crippen molar-refractivity contribution >= 4 is 52.1 Å². The quantitative estimate of drug-likeness (QED) is 0.311. The van der Waals surface area contributed by atoms with Crippen molar-refractivity contribution in [3.8, 4) is 6.07 Å². The van der Waals surface area contributed by atoms with Gasteiger partial charge in [0.2, 0.25) is 0 Å². The van der Waals surface area contributed by atoms with Crippen LogP contribution in [0, 0.1) is 24.2 Å². The summed E-state index contributed by atoms with van der Waals surface area (Å²) >= 11 is 6.86. The number of aromatic nitrogens is 1. The van der Waals surface area contributed by atoms with Crippen molar-refractivity contribution in [3.63, 3.8) is 0 Å². The fourth-order valence-electron chi connectivity index (χ4n) is 5.49. The maximum atomic E-state index is 13.4. The first-order valence-electron chi connectivity index (χ1n) is 12.7. The average Bonchev–Trinajstić information content (AvgIpc) is 3.48. The van der Waals surface area contributed by atoms with Crippen LogP contribution in [0.25, 0.3) is 6.08 Å². The van der Waals surface area contributed by atoms with Crippen LogP contribution < -0.4 is 10.5 Å². The van der Waals surface area contributed by atoms with Gasteiger partial charge in [0, 0.05) is 31.2 Å². The van der Waals surface area contributed by atoms with E-state index < -0.39 is 0 Å². The molecule has 3 fully saturated rings. The second kappa shape index (κ2) is 11.2. The number of hydrogen-bond donors (Lipinski definition) is 0. The SMILES string of the molecule is CCOC(=O)C1CCCN(c2c(C=C3SC(=S)N(C4CCCC4)C3=O)c(C)c(C#N)c(=O)n2CC)C1. The van der Waals surface area contributed by atoms with E-state index in [1.54, 1.807) is 29.4 Å². The van der Waals surface area contributed by atoms with Crippen molar-refractivity contribution in [1.29, 1.82) is 5.26 Å². The molecule has 2 saturated heterocycles. The summed E-state index contributed by atoms with van der Waals surface area (Å²) in [6.07, 6.45) is 7.36. The Bertz CT molecular complexity index is 1210. The van der Waals surface area contributed by atoms with Gasteiger partial charge in [-0.2, -0.15) is 5.26 Å². The molecule has 0 N–H and O–H groups in total. The van der Waals surface area contributed by atoms with Crippen molar-refractivity contribution < 1.29 is 14.3 Å². The van der Waals surface area contributed by atoms with E-state index in [4.69, 9.17) is 17.0 Å². The first-order valence-corrected chi connectivity index (χ1v) is 13.9. The van der Waals surface area contributed by atoms with E-state index in [2.05, 4.69) is 6.07 Å². The molecule has 10 heteroatoms. The number of esters is 1. The Hall–Kier alpha value is -2.64. The summed E-state index contributed by atoms with van der Waals surface area (Å²) in [6, 6.07) is 2.20. The molecule has 3 heterocycles. The van der Waals surface area contributed by atoms with Crippen LogP contribution in [0.15, 0.2) is 9.70 Å². The van der Waals surface area contributed by atoms with E-state index in [-0.39, 0.29) is 35.0 Å². The number of ether oxygens (including phenoxy) is 1. The van der Waals surface area contributed by atoms with Crippen molar-refractivity contribution in [3.05, 3.63) is 31.9 Å². The smallest absolute Gasteiger partial charge is 0.310 e. The van der Waals surface area contributed by atoms with Gasteiger partial charge in [0.05, 0.1) is 17.4 Å². The highest BCUT2D eigenvalue weighted by molar-refractivity contribution is 8.26. The number of nitriles is 1. The molecule has 1 unspecified atom stereocenters. The summed E-state index contributed by atoms with van der Waals surface area (Å²) in [5.41, 5.74) is 0.898. The number of thioether (sulfide) groups is 1. The highest BCUT2D eigenvalue weighted by Crippen LogP contribution is 2.40. The van der Waals surface area contributed by atoms with Crippen molar-refractivity contribution in [2.75, 3.05) is 24.6 Å². The summed E-state index contributed by atoms with van der Waals surface area (Å²) in [4.78, 5) is 43.5. The number of pyridine rings is 1. The third-order valence-electron chi connectivity index (χ3n) is 7.29. The monoisotopic (exact) mass is 528 g/mol. The molecule has 4 rings (SSSR count). The number of thiocarbonyl (C=S) groups is 1. The molecule has 1 aromatic heterocycles. The summed E-state index contributed by atoms with van der Waals surface area (Å²) in [5, 5.41) is 9.80. The van der Waals surface area contributed by atoms with Gasteiger partial charge in [-0.05, 0) is 58.1 Å². The Morgan fingerprint density at radius 1 is 1.22 bits per heavy atom. The summed E-state index contributed by atoms with van der Waals surface area (Å²) in [7, 11) is 0. The molecule has 1 atom stereocenters. The Balaban J connectivity index is 1.82. The first-order chi connectivity index (χ1) is 17.3. The van der Waals surface area contributed by atoms with Crippen molar-refractivity contribution in [2.45, 2.75) is 71.9 Å². The maximum absolute atomic E-state index is 13.4. The fraction of sp³-hybridized carbons (Fsp3) is 0.577. The lowest BCUT2D eigenvalue weighted by molar-refractivity contribution is -0.148. The molecule has 1 saturated carbocycles. The number of rotatable bonds is 6. The molecule has 1 amide bonds. The topological polar surface area (TPSA) is 95.6 Å². The predicted molar refractivity (Wildman–Crippen MR) is 145 cm³/mol. The summed E-state index contributed by atoms with van der Waals surface area (Å²) in [6.45, 7) is 7.14. The first kappa shape index (κ1) is 26.4. The number of nitrogens with zero attached hydrogens (tertiary/aromatic N) is 4. The molecule has 0 spiro atoms. The molecule has 2 aliphatic heterocycles. The number of carbonyl (C=O) groups excluding carboxylic acids is 2. The predicted octanol–water partition coefficient (Wildman–Crippen LogP) is 3.97. The molecule has 0 bridgehead atoms. The Labute approximate surface area is 221 Å². The molecule has 36 heavy (non-hydrogen) atoms. The zero-order valence-corrected chi connectivity index (χ0v) is 22.7. The highest BCUT2D eigenvalue weighted by Gasteiger charge is 2.39. The van der Waals surface area contributed by atoms with E-state index in [1.165, 1.54) is 11.8 Å². The van der Waals surface area contributed by atoms with E-state index >= 15 is 0 Å². The lowest BCUT2D eigenvalue weighted by Crippen LogP contribution is -2.43. The van der Waals surface area contributed by atoms with Gasteiger partial charge >= 0.3 is 5.97 Å². The number of hydrogen-bond acceptors (Lipinski definition) is 8. The van der Waals surface area contributed by atoms with E-state index in [9.17, 15) is 19.6 Å². The maximum Gasteiger partial charge on any atom is 0.310 e. The van der Waals surface area contributed by atoms with Gasteiger partial charge in [0.1, 0.15) is 21.8 Å². The largest absolute Gasteiger partial charge is 0.466 e. The summed E-state index contributed by atoms with van der Waals surface area (Å²) < 4.78 is 7.42. The summed E-state index contributed by atoms with van der Waals surface area (Å²) in [5.74, 6) is -0.0161. The van der Waals surface area contributed by atoms with Crippen LogP contribution in [0.1, 0.15) is 69.1 Å². The Morgan fingerprint density at radius 2 is 1.94 bits per heavy atom. The van der Waals surface area contributed by atoms with Crippen molar-refractivity contribution in [2.24, 2.45) is 5.92 Å². The molecule has 1 aromatic rings. The Morgan fingerprint density at radius 3 is 2.58 bits per heavy atom. The van der Waals surface area contributed by atoms with Crippen LogP contribution >= 0.6 is 24.0 Å². The van der Waals surface area contributed by atoms with Crippen LogP contribution in [-0.4, -0.2) is 51.4 Å². The van der Waals surface area contributed by atoms with Gasteiger partial charge in [0.15, 0.2) is 0 Å². The van der Waals surface area contributed by atoms with Gasteiger partial charge in [-0.25, -0.2) is 0 Å². The van der Waals surface area contributed by atoms with E-state index in [1.807, 2.05) is 11.8 Å². The van der Waals surface area contributed by atoms with Crippen LogP contribution in [0.5, 0.6) is 0 Å². The van der Waals surface area contributed by atoms with Crippen LogP contribution in [0.2, 0.25) is 0 Å². The van der Waals surface area contributed by atoms with Crippen LogP contribution in [0.3, 0.4) is 0 Å². The molecular weight excluding hydrogens is 496 g/mol.